The molecule has 3 N–H and O–H groups in total. The van der Waals surface area contributed by atoms with E-state index in [2.05, 4.69) is 15.2 Å². The minimum atomic E-state index is -3.81. The van der Waals surface area contributed by atoms with E-state index in [1.807, 2.05) is 37.2 Å². The molecule has 2 aromatic carbocycles. The Morgan fingerprint density at radius 2 is 1.76 bits per heavy atom. The number of fused-ring (bicyclic) bond motifs is 1. The van der Waals surface area contributed by atoms with Crippen LogP contribution in [-0.2, 0) is 10.0 Å². The van der Waals surface area contributed by atoms with Gasteiger partial charge >= 0.3 is 0 Å². The van der Waals surface area contributed by atoms with Crippen molar-refractivity contribution in [2.45, 2.75) is 4.90 Å². The largest absolute Gasteiger partial charge is 0.378 e. The maximum Gasteiger partial charge on any atom is 0.282 e. The summed E-state index contributed by atoms with van der Waals surface area (Å²) in [6.45, 7) is 0. The molecule has 0 bridgehead atoms. The van der Waals surface area contributed by atoms with Crippen molar-refractivity contribution in [3.63, 3.8) is 0 Å². The Hall–Kier alpha value is -2.84. The van der Waals surface area contributed by atoms with Crippen molar-refractivity contribution in [1.82, 2.24) is 15.2 Å². The number of nitrogens with one attached hydrogen (secondary N) is 3. The van der Waals surface area contributed by atoms with Crippen LogP contribution in [0.2, 0.25) is 0 Å². The number of anilines is 1. The van der Waals surface area contributed by atoms with Gasteiger partial charge < -0.3 is 9.88 Å². The Morgan fingerprint density at radius 3 is 2.44 bits per heavy atom. The fraction of sp³-hybridized carbons (Fsp3) is 0.118. The molecule has 0 saturated carbocycles. The molecule has 25 heavy (non-hydrogen) atoms. The van der Waals surface area contributed by atoms with Crippen LogP contribution < -0.4 is 15.2 Å². The maximum absolute atomic E-state index is 12.2. The number of hydrogen-bond acceptors (Lipinski definition) is 4. The summed E-state index contributed by atoms with van der Waals surface area (Å²) in [5.74, 6) is -0.567. The second-order valence-corrected chi connectivity index (χ2v) is 7.40. The van der Waals surface area contributed by atoms with Crippen LogP contribution >= 0.6 is 0 Å². The highest BCUT2D eigenvalue weighted by atomic mass is 32.2. The molecule has 7 nitrogen and oxygen atoms in total. The lowest BCUT2D eigenvalue weighted by atomic mass is 10.2. The summed E-state index contributed by atoms with van der Waals surface area (Å²) in [5.41, 5.74) is 4.28. The molecule has 0 atom stereocenters. The average molecular weight is 358 g/mol. The number of H-pyrrole nitrogens is 1. The van der Waals surface area contributed by atoms with Crippen molar-refractivity contribution < 1.29 is 13.2 Å². The Labute approximate surface area is 145 Å². The first-order valence-electron chi connectivity index (χ1n) is 7.54. The summed E-state index contributed by atoms with van der Waals surface area (Å²) < 4.78 is 24.2. The molecule has 0 radical (unpaired) electrons. The average Bonchev–Trinajstić information content (AvgIpc) is 3.03. The van der Waals surface area contributed by atoms with Crippen LogP contribution in [0.3, 0.4) is 0 Å². The smallest absolute Gasteiger partial charge is 0.282 e. The van der Waals surface area contributed by atoms with E-state index >= 15 is 0 Å². The molecule has 1 amide bonds. The Kier molecular flexibility index (Phi) is 4.47. The summed E-state index contributed by atoms with van der Waals surface area (Å²) in [4.78, 5) is 19.3. The Bertz CT molecular complexity index is 1010. The summed E-state index contributed by atoms with van der Waals surface area (Å²) in [5, 5.41) is 0.863. The van der Waals surface area contributed by atoms with E-state index in [0.29, 0.717) is 0 Å². The van der Waals surface area contributed by atoms with E-state index in [1.165, 1.54) is 12.1 Å². The maximum atomic E-state index is 12.2. The lowest BCUT2D eigenvalue weighted by molar-refractivity contribution is 0.0941. The number of benzene rings is 2. The number of rotatable bonds is 5. The van der Waals surface area contributed by atoms with Crippen molar-refractivity contribution in [2.24, 2.45) is 0 Å². The van der Waals surface area contributed by atoms with Crippen LogP contribution in [0.4, 0.5) is 5.69 Å². The van der Waals surface area contributed by atoms with Crippen LogP contribution in [-0.4, -0.2) is 33.4 Å². The van der Waals surface area contributed by atoms with Gasteiger partial charge in [0.1, 0.15) is 5.69 Å². The normalized spacial score (nSPS) is 11.4. The molecule has 3 rings (SSSR count). The molecule has 0 fully saturated rings. The van der Waals surface area contributed by atoms with Crippen LogP contribution in [0.1, 0.15) is 10.5 Å². The second-order valence-electron chi connectivity index (χ2n) is 5.72. The Balaban J connectivity index is 1.76. The number of nitrogens with zero attached hydrogens (tertiary/aromatic N) is 1. The monoisotopic (exact) mass is 358 g/mol. The van der Waals surface area contributed by atoms with E-state index < -0.39 is 15.9 Å². The van der Waals surface area contributed by atoms with E-state index in [4.69, 9.17) is 0 Å². The lowest BCUT2D eigenvalue weighted by Crippen LogP contribution is -2.41. The standard InChI is InChI=1S/C17H18N4O3S/c1-21(2)13-8-9-15-12(10-13)11-16(18-15)17(22)19-20-25(23,24)14-6-4-3-5-7-14/h3-11,18,20H,1-2H3,(H,19,22). The number of hydrazine groups is 1. The molecule has 0 aliphatic rings. The third-order valence-electron chi connectivity index (χ3n) is 3.72. The highest BCUT2D eigenvalue weighted by Crippen LogP contribution is 2.21. The third kappa shape index (κ3) is 3.65. The SMILES string of the molecule is CN(C)c1ccc2[nH]c(C(=O)NNS(=O)(=O)c3ccccc3)cc2c1. The molecule has 1 heterocycles. The van der Waals surface area contributed by atoms with E-state index in [-0.39, 0.29) is 10.6 Å². The predicted octanol–water partition coefficient (Wildman–Crippen LogP) is 1.86. The van der Waals surface area contributed by atoms with Gasteiger partial charge in [0, 0.05) is 30.7 Å². The van der Waals surface area contributed by atoms with Crippen LogP contribution in [0.5, 0.6) is 0 Å². The molecule has 3 aromatic rings. The fourth-order valence-electron chi connectivity index (χ4n) is 2.36. The zero-order valence-electron chi connectivity index (χ0n) is 13.8. The second kappa shape index (κ2) is 6.58. The highest BCUT2D eigenvalue weighted by Gasteiger charge is 2.16. The molecule has 0 spiro atoms. The van der Waals surface area contributed by atoms with Gasteiger partial charge in [-0.25, -0.2) is 8.42 Å². The van der Waals surface area contributed by atoms with E-state index in [1.54, 1.807) is 24.3 Å². The van der Waals surface area contributed by atoms with Gasteiger partial charge in [0.2, 0.25) is 0 Å². The molecule has 0 saturated heterocycles. The van der Waals surface area contributed by atoms with Crippen molar-refractivity contribution >= 4 is 32.5 Å². The van der Waals surface area contributed by atoms with Crippen molar-refractivity contribution in [2.75, 3.05) is 19.0 Å². The lowest BCUT2D eigenvalue weighted by Gasteiger charge is -2.11. The van der Waals surface area contributed by atoms with Crippen LogP contribution in [0.15, 0.2) is 59.5 Å². The number of aromatic amines is 1. The zero-order chi connectivity index (χ0) is 18.0. The molecule has 0 aliphatic carbocycles. The summed E-state index contributed by atoms with van der Waals surface area (Å²) >= 11 is 0. The summed E-state index contributed by atoms with van der Waals surface area (Å²) in [6, 6.07) is 15.2. The topological polar surface area (TPSA) is 94.3 Å². The van der Waals surface area contributed by atoms with Gasteiger partial charge in [-0.1, -0.05) is 18.2 Å². The van der Waals surface area contributed by atoms with Gasteiger partial charge in [-0.3, -0.25) is 10.2 Å². The van der Waals surface area contributed by atoms with Gasteiger partial charge in [-0.05, 0) is 36.4 Å². The van der Waals surface area contributed by atoms with Crippen molar-refractivity contribution in [3.05, 3.63) is 60.3 Å². The quantitative estimate of drug-likeness (QED) is 0.607. The van der Waals surface area contributed by atoms with Gasteiger partial charge in [0.05, 0.1) is 4.90 Å². The minimum absolute atomic E-state index is 0.0718. The molecule has 1 aromatic heterocycles. The van der Waals surface area contributed by atoms with Crippen LogP contribution in [0.25, 0.3) is 10.9 Å². The third-order valence-corrected chi connectivity index (χ3v) is 4.98. The molecule has 0 unspecified atom stereocenters. The molecular weight excluding hydrogens is 340 g/mol. The van der Waals surface area contributed by atoms with Gasteiger partial charge in [-0.2, -0.15) is 0 Å². The molecular formula is C17H18N4O3S. The number of aromatic nitrogens is 1. The summed E-state index contributed by atoms with van der Waals surface area (Å²) in [6.07, 6.45) is 0. The predicted molar refractivity (Wildman–Crippen MR) is 96.9 cm³/mol. The summed E-state index contributed by atoms with van der Waals surface area (Å²) in [7, 11) is 0.0468. The fourth-order valence-corrected chi connectivity index (χ4v) is 3.22. The molecule has 0 aliphatic heterocycles. The Morgan fingerprint density at radius 1 is 1.04 bits per heavy atom. The first-order valence-corrected chi connectivity index (χ1v) is 9.02. The highest BCUT2D eigenvalue weighted by molar-refractivity contribution is 7.89. The van der Waals surface area contributed by atoms with Gasteiger partial charge in [0.25, 0.3) is 15.9 Å². The molecule has 130 valence electrons. The number of carbonyl (C=O) groups excluding carboxylic acids is 1. The van der Waals surface area contributed by atoms with E-state index in [0.717, 1.165) is 16.6 Å². The number of hydrogen-bond donors (Lipinski definition) is 3. The first-order chi connectivity index (χ1) is 11.9. The number of sulfonamides is 1. The van der Waals surface area contributed by atoms with E-state index in [9.17, 15) is 13.2 Å². The van der Waals surface area contributed by atoms with Gasteiger partial charge in [0.15, 0.2) is 0 Å². The minimum Gasteiger partial charge on any atom is -0.378 e. The molecule has 8 heteroatoms. The zero-order valence-corrected chi connectivity index (χ0v) is 14.6. The van der Waals surface area contributed by atoms with Crippen molar-refractivity contribution in [1.29, 1.82) is 0 Å². The van der Waals surface area contributed by atoms with Crippen LogP contribution in [0, 0.1) is 0 Å². The number of carbonyl (C=O) groups is 1. The van der Waals surface area contributed by atoms with Crippen molar-refractivity contribution in [3.8, 4) is 0 Å². The van der Waals surface area contributed by atoms with Gasteiger partial charge in [-0.15, -0.1) is 4.83 Å². The number of amides is 1. The first kappa shape index (κ1) is 17.0.